The minimum atomic E-state index is -0.0378. The van der Waals surface area contributed by atoms with Gasteiger partial charge in [0.15, 0.2) is 0 Å². The molecular formula is C14H13NO2. The molecule has 1 heterocycles. The van der Waals surface area contributed by atoms with E-state index in [1.807, 2.05) is 18.2 Å². The van der Waals surface area contributed by atoms with Crippen LogP contribution in [0.2, 0.25) is 0 Å². The van der Waals surface area contributed by atoms with Crippen LogP contribution >= 0.6 is 0 Å². The molecule has 0 spiro atoms. The van der Waals surface area contributed by atoms with Gasteiger partial charge < -0.3 is 9.30 Å². The molecule has 0 radical (unpaired) electrons. The normalized spacial score (nSPS) is 9.76. The summed E-state index contributed by atoms with van der Waals surface area (Å²) in [4.78, 5) is 12.1. The van der Waals surface area contributed by atoms with Gasteiger partial charge in [0.1, 0.15) is 5.75 Å². The van der Waals surface area contributed by atoms with E-state index in [-0.39, 0.29) is 5.56 Å². The van der Waals surface area contributed by atoms with E-state index < -0.39 is 0 Å². The summed E-state index contributed by atoms with van der Waals surface area (Å²) < 4.78 is 6.72. The number of hydrogen-bond donors (Lipinski definition) is 0. The van der Waals surface area contributed by atoms with Crippen molar-refractivity contribution in [3.05, 3.63) is 40.8 Å². The highest BCUT2D eigenvalue weighted by Crippen LogP contribution is 2.17. The molecule has 3 heteroatoms. The standard InChI is InChI=1S/C14H13NO2/c1-3-4-8-15-9-7-11-5-6-12(17-2)10-13(11)14(15)16/h5-7,9-10H,8H2,1-2H3. The van der Waals surface area contributed by atoms with Crippen molar-refractivity contribution in [3.63, 3.8) is 0 Å². The number of pyridine rings is 1. The van der Waals surface area contributed by atoms with Crippen molar-refractivity contribution in [3.8, 4) is 17.6 Å². The Morgan fingerprint density at radius 2 is 2.18 bits per heavy atom. The number of rotatable bonds is 2. The van der Waals surface area contributed by atoms with Gasteiger partial charge in [-0.25, -0.2) is 0 Å². The monoisotopic (exact) mass is 227 g/mol. The highest BCUT2D eigenvalue weighted by atomic mass is 16.5. The second-order valence-electron chi connectivity index (χ2n) is 3.63. The Morgan fingerprint density at radius 3 is 2.88 bits per heavy atom. The van der Waals surface area contributed by atoms with Gasteiger partial charge in [-0.3, -0.25) is 4.79 Å². The average molecular weight is 227 g/mol. The molecule has 0 bridgehead atoms. The fourth-order valence-corrected chi connectivity index (χ4v) is 1.67. The Labute approximate surface area is 99.6 Å². The fourth-order valence-electron chi connectivity index (χ4n) is 1.67. The molecule has 86 valence electrons. The highest BCUT2D eigenvalue weighted by molar-refractivity contribution is 5.82. The molecule has 2 aromatic rings. The van der Waals surface area contributed by atoms with Gasteiger partial charge in [-0.1, -0.05) is 12.0 Å². The second-order valence-corrected chi connectivity index (χ2v) is 3.63. The SMILES string of the molecule is CC#CCn1ccc2ccc(OC)cc2c1=O. The van der Waals surface area contributed by atoms with Crippen LogP contribution < -0.4 is 10.3 Å². The molecule has 0 aliphatic carbocycles. The summed E-state index contributed by atoms with van der Waals surface area (Å²) in [5.41, 5.74) is -0.0378. The molecular weight excluding hydrogens is 214 g/mol. The summed E-state index contributed by atoms with van der Waals surface area (Å²) in [6.07, 6.45) is 1.77. The second kappa shape index (κ2) is 4.75. The Kier molecular flexibility index (Phi) is 3.15. The van der Waals surface area contributed by atoms with Gasteiger partial charge in [0, 0.05) is 6.20 Å². The van der Waals surface area contributed by atoms with E-state index in [0.717, 1.165) is 5.39 Å². The van der Waals surface area contributed by atoms with E-state index >= 15 is 0 Å². The molecule has 0 N–H and O–H groups in total. The van der Waals surface area contributed by atoms with E-state index in [9.17, 15) is 4.79 Å². The summed E-state index contributed by atoms with van der Waals surface area (Å²) in [5, 5.41) is 1.57. The van der Waals surface area contributed by atoms with E-state index in [1.54, 1.807) is 30.9 Å². The number of aromatic nitrogens is 1. The third kappa shape index (κ3) is 2.16. The first-order valence-corrected chi connectivity index (χ1v) is 5.33. The summed E-state index contributed by atoms with van der Waals surface area (Å²) in [5.74, 6) is 6.35. The smallest absolute Gasteiger partial charge is 0.259 e. The topological polar surface area (TPSA) is 31.2 Å². The number of hydrogen-bond acceptors (Lipinski definition) is 2. The molecule has 1 aromatic heterocycles. The molecule has 0 aliphatic rings. The van der Waals surface area contributed by atoms with E-state index in [1.165, 1.54) is 0 Å². The summed E-state index contributed by atoms with van der Waals surface area (Å²) in [6, 6.07) is 7.39. The lowest BCUT2D eigenvalue weighted by molar-refractivity contribution is 0.415. The van der Waals surface area contributed by atoms with Gasteiger partial charge in [-0.15, -0.1) is 5.92 Å². The predicted octanol–water partition coefficient (Wildman–Crippen LogP) is 2.03. The zero-order chi connectivity index (χ0) is 12.3. The quantitative estimate of drug-likeness (QED) is 0.735. The average Bonchev–Trinajstić information content (AvgIpc) is 2.38. The van der Waals surface area contributed by atoms with Crippen LogP contribution in [-0.4, -0.2) is 11.7 Å². The summed E-state index contributed by atoms with van der Waals surface area (Å²) >= 11 is 0. The molecule has 0 unspecified atom stereocenters. The first-order chi connectivity index (χ1) is 8.26. The van der Waals surface area contributed by atoms with Crippen LogP contribution in [0, 0.1) is 11.8 Å². The van der Waals surface area contributed by atoms with Crippen LogP contribution in [0.1, 0.15) is 6.92 Å². The van der Waals surface area contributed by atoms with Crippen LogP contribution in [0.4, 0.5) is 0 Å². The number of benzene rings is 1. The lowest BCUT2D eigenvalue weighted by atomic mass is 10.1. The van der Waals surface area contributed by atoms with Gasteiger partial charge in [0.2, 0.25) is 0 Å². The van der Waals surface area contributed by atoms with Crippen LogP contribution in [-0.2, 0) is 6.54 Å². The Balaban J connectivity index is 2.63. The molecule has 0 atom stereocenters. The van der Waals surface area contributed by atoms with Crippen LogP contribution in [0.3, 0.4) is 0 Å². The van der Waals surface area contributed by atoms with Crippen molar-refractivity contribution in [2.75, 3.05) is 7.11 Å². The zero-order valence-electron chi connectivity index (χ0n) is 9.86. The van der Waals surface area contributed by atoms with Crippen LogP contribution in [0.15, 0.2) is 35.3 Å². The predicted molar refractivity (Wildman–Crippen MR) is 68.2 cm³/mol. The number of fused-ring (bicyclic) bond motifs is 1. The third-order valence-electron chi connectivity index (χ3n) is 2.61. The first kappa shape index (κ1) is 11.3. The van der Waals surface area contributed by atoms with Crippen LogP contribution in [0.5, 0.6) is 5.75 Å². The number of nitrogens with zero attached hydrogens (tertiary/aromatic N) is 1. The van der Waals surface area contributed by atoms with Crippen molar-refractivity contribution in [1.82, 2.24) is 4.57 Å². The van der Waals surface area contributed by atoms with Gasteiger partial charge in [0.25, 0.3) is 5.56 Å². The van der Waals surface area contributed by atoms with E-state index in [4.69, 9.17) is 4.74 Å². The third-order valence-corrected chi connectivity index (χ3v) is 2.61. The Hall–Kier alpha value is -2.21. The maximum Gasteiger partial charge on any atom is 0.259 e. The fraction of sp³-hybridized carbons (Fsp3) is 0.214. The molecule has 0 saturated heterocycles. The lowest BCUT2D eigenvalue weighted by Gasteiger charge is -2.05. The maximum atomic E-state index is 12.1. The van der Waals surface area contributed by atoms with Gasteiger partial charge in [-0.05, 0) is 30.5 Å². The number of ether oxygens (including phenoxy) is 1. The summed E-state index contributed by atoms with van der Waals surface area (Å²) in [6.45, 7) is 2.18. The van der Waals surface area contributed by atoms with Crippen molar-refractivity contribution >= 4 is 10.8 Å². The molecule has 0 fully saturated rings. The van der Waals surface area contributed by atoms with E-state index in [0.29, 0.717) is 17.7 Å². The molecule has 3 nitrogen and oxygen atoms in total. The minimum absolute atomic E-state index is 0.0378. The van der Waals surface area contributed by atoms with Crippen LogP contribution in [0.25, 0.3) is 10.8 Å². The summed E-state index contributed by atoms with van der Waals surface area (Å²) in [7, 11) is 1.59. The highest BCUT2D eigenvalue weighted by Gasteiger charge is 2.03. The molecule has 0 amide bonds. The van der Waals surface area contributed by atoms with E-state index in [2.05, 4.69) is 11.8 Å². The molecule has 0 aliphatic heterocycles. The Morgan fingerprint density at radius 1 is 1.35 bits per heavy atom. The Bertz CT molecular complexity index is 659. The van der Waals surface area contributed by atoms with Crippen molar-refractivity contribution in [2.45, 2.75) is 13.5 Å². The molecule has 17 heavy (non-hydrogen) atoms. The minimum Gasteiger partial charge on any atom is -0.497 e. The van der Waals surface area contributed by atoms with Crippen molar-refractivity contribution in [2.24, 2.45) is 0 Å². The lowest BCUT2D eigenvalue weighted by Crippen LogP contribution is -2.18. The largest absolute Gasteiger partial charge is 0.497 e. The maximum absolute atomic E-state index is 12.1. The molecule has 0 saturated carbocycles. The zero-order valence-corrected chi connectivity index (χ0v) is 9.86. The van der Waals surface area contributed by atoms with Crippen molar-refractivity contribution < 1.29 is 4.74 Å². The number of methoxy groups -OCH3 is 1. The molecule has 1 aromatic carbocycles. The van der Waals surface area contributed by atoms with Gasteiger partial charge in [0.05, 0.1) is 19.0 Å². The molecule has 2 rings (SSSR count). The van der Waals surface area contributed by atoms with Gasteiger partial charge >= 0.3 is 0 Å². The van der Waals surface area contributed by atoms with Gasteiger partial charge in [-0.2, -0.15) is 0 Å². The first-order valence-electron chi connectivity index (χ1n) is 5.33. The van der Waals surface area contributed by atoms with Crippen molar-refractivity contribution in [1.29, 1.82) is 0 Å².